The van der Waals surface area contributed by atoms with E-state index < -0.39 is 5.25 Å². The molecule has 7 heteroatoms. The van der Waals surface area contributed by atoms with Gasteiger partial charge in [-0.15, -0.1) is 10.2 Å². The number of carbonyl (C=O) groups excluding carboxylic acids is 1. The van der Waals surface area contributed by atoms with E-state index in [0.717, 1.165) is 17.3 Å². The van der Waals surface area contributed by atoms with Crippen LogP contribution in [-0.4, -0.2) is 28.5 Å². The fraction of sp³-hybridized carbons (Fsp3) is 0.364. The van der Waals surface area contributed by atoms with E-state index in [-0.39, 0.29) is 5.97 Å². The first kappa shape index (κ1) is 12.7. The average molecular weight is 268 g/mol. The minimum atomic E-state index is -0.395. The molecule has 0 bridgehead atoms. The van der Waals surface area contributed by atoms with E-state index in [9.17, 15) is 4.79 Å². The van der Waals surface area contributed by atoms with E-state index in [4.69, 9.17) is 8.83 Å². The van der Waals surface area contributed by atoms with Gasteiger partial charge in [0, 0.05) is 0 Å². The quantitative estimate of drug-likeness (QED) is 0.621. The molecule has 2 aromatic heterocycles. The van der Waals surface area contributed by atoms with Crippen LogP contribution in [-0.2, 0) is 9.53 Å². The molecule has 0 unspecified atom stereocenters. The summed E-state index contributed by atoms with van der Waals surface area (Å²) >= 11 is 1.15. The van der Waals surface area contributed by atoms with Crippen LogP contribution in [0.3, 0.4) is 0 Å². The minimum absolute atomic E-state index is 0.323. The zero-order valence-corrected chi connectivity index (χ0v) is 11.0. The molecule has 0 fully saturated rings. The Bertz CT molecular complexity index is 549. The van der Waals surface area contributed by atoms with Crippen LogP contribution in [0, 0.1) is 6.92 Å². The molecule has 0 aliphatic rings. The fourth-order valence-electron chi connectivity index (χ4n) is 1.34. The Morgan fingerprint density at radius 3 is 2.89 bits per heavy atom. The van der Waals surface area contributed by atoms with E-state index in [1.54, 1.807) is 19.3 Å². The molecule has 18 heavy (non-hydrogen) atoms. The highest BCUT2D eigenvalue weighted by Gasteiger charge is 2.19. The number of rotatable bonds is 4. The van der Waals surface area contributed by atoms with E-state index in [2.05, 4.69) is 14.9 Å². The van der Waals surface area contributed by atoms with Gasteiger partial charge in [0.1, 0.15) is 11.0 Å². The standard InChI is InChI=1S/C11H12N2O4S/c1-6-8(4-5-16-6)9-12-13-11(17-9)18-7(2)10(14)15-3/h4-5,7H,1-3H3/t7-/m1/s1. The lowest BCUT2D eigenvalue weighted by molar-refractivity contribution is -0.139. The van der Waals surface area contributed by atoms with E-state index >= 15 is 0 Å². The van der Waals surface area contributed by atoms with Crippen LogP contribution in [0.5, 0.6) is 0 Å². The molecule has 0 radical (unpaired) electrons. The molecule has 6 nitrogen and oxygen atoms in total. The summed E-state index contributed by atoms with van der Waals surface area (Å²) in [5.41, 5.74) is 0.750. The Morgan fingerprint density at radius 2 is 2.28 bits per heavy atom. The Hall–Kier alpha value is -1.76. The number of esters is 1. The lowest BCUT2D eigenvalue weighted by atomic mass is 10.3. The van der Waals surface area contributed by atoms with Gasteiger partial charge in [-0.2, -0.15) is 0 Å². The SMILES string of the molecule is COC(=O)[C@@H](C)Sc1nnc(-c2ccoc2C)o1. The molecule has 2 heterocycles. The van der Waals surface area contributed by atoms with Gasteiger partial charge in [-0.05, 0) is 19.9 Å². The van der Waals surface area contributed by atoms with Crippen molar-refractivity contribution in [2.45, 2.75) is 24.3 Å². The zero-order chi connectivity index (χ0) is 13.1. The van der Waals surface area contributed by atoms with Crippen molar-refractivity contribution in [2.24, 2.45) is 0 Å². The lowest BCUT2D eigenvalue weighted by Gasteiger charge is -2.04. The number of hydrogen-bond donors (Lipinski definition) is 0. The summed E-state index contributed by atoms with van der Waals surface area (Å²) in [7, 11) is 1.34. The fourth-order valence-corrected chi connectivity index (χ4v) is 2.05. The second kappa shape index (κ2) is 5.26. The summed E-state index contributed by atoms with van der Waals surface area (Å²) in [6.45, 7) is 3.52. The monoisotopic (exact) mass is 268 g/mol. The normalized spacial score (nSPS) is 12.4. The van der Waals surface area contributed by atoms with E-state index in [1.165, 1.54) is 7.11 Å². The smallest absolute Gasteiger partial charge is 0.319 e. The average Bonchev–Trinajstić information content (AvgIpc) is 2.96. The van der Waals surface area contributed by atoms with Crippen molar-refractivity contribution in [3.8, 4) is 11.5 Å². The number of methoxy groups -OCH3 is 1. The van der Waals surface area contributed by atoms with Crippen LogP contribution >= 0.6 is 11.8 Å². The third-order valence-electron chi connectivity index (χ3n) is 2.31. The third-order valence-corrected chi connectivity index (χ3v) is 3.22. The molecular formula is C11H12N2O4S. The maximum atomic E-state index is 11.3. The number of ether oxygens (including phenoxy) is 1. The van der Waals surface area contributed by atoms with Crippen LogP contribution in [0.25, 0.3) is 11.5 Å². The summed E-state index contributed by atoms with van der Waals surface area (Å²) in [6.07, 6.45) is 1.55. The first-order valence-corrected chi connectivity index (χ1v) is 6.12. The van der Waals surface area contributed by atoms with Gasteiger partial charge in [-0.3, -0.25) is 4.79 Å². The first-order valence-electron chi connectivity index (χ1n) is 5.24. The molecule has 2 aromatic rings. The maximum Gasteiger partial charge on any atom is 0.319 e. The summed E-state index contributed by atoms with van der Waals surface area (Å²) < 4.78 is 15.2. The van der Waals surface area contributed by atoms with Crippen LogP contribution in [0.1, 0.15) is 12.7 Å². The van der Waals surface area contributed by atoms with Crippen molar-refractivity contribution < 1.29 is 18.4 Å². The van der Waals surface area contributed by atoms with E-state index in [1.807, 2.05) is 6.92 Å². The third kappa shape index (κ3) is 2.56. The highest BCUT2D eigenvalue weighted by Crippen LogP contribution is 2.28. The largest absolute Gasteiger partial charge is 0.469 e. The minimum Gasteiger partial charge on any atom is -0.469 e. The molecule has 96 valence electrons. The van der Waals surface area contributed by atoms with Gasteiger partial charge >= 0.3 is 5.97 Å². The molecule has 1 atom stereocenters. The Balaban J connectivity index is 2.12. The van der Waals surface area contributed by atoms with Crippen LogP contribution in [0.4, 0.5) is 0 Å². The van der Waals surface area contributed by atoms with Gasteiger partial charge < -0.3 is 13.6 Å². The molecular weight excluding hydrogens is 256 g/mol. The van der Waals surface area contributed by atoms with Crippen LogP contribution in [0.15, 0.2) is 26.4 Å². The van der Waals surface area contributed by atoms with Crippen molar-refractivity contribution in [3.05, 3.63) is 18.1 Å². The number of carbonyl (C=O) groups is 1. The van der Waals surface area contributed by atoms with Crippen molar-refractivity contribution in [2.75, 3.05) is 7.11 Å². The molecule has 0 N–H and O–H groups in total. The van der Waals surface area contributed by atoms with Gasteiger partial charge in [-0.1, -0.05) is 11.8 Å². The number of aryl methyl sites for hydroxylation is 1. The Kier molecular flexibility index (Phi) is 3.71. The molecule has 0 saturated heterocycles. The van der Waals surface area contributed by atoms with Crippen molar-refractivity contribution in [3.63, 3.8) is 0 Å². The number of thioether (sulfide) groups is 1. The molecule has 0 saturated carbocycles. The summed E-state index contributed by atoms with van der Waals surface area (Å²) in [6, 6.07) is 1.75. The maximum absolute atomic E-state index is 11.3. The number of aromatic nitrogens is 2. The van der Waals surface area contributed by atoms with E-state index in [0.29, 0.717) is 16.9 Å². The van der Waals surface area contributed by atoms with Crippen LogP contribution < -0.4 is 0 Å². The number of furan rings is 1. The highest BCUT2D eigenvalue weighted by atomic mass is 32.2. The van der Waals surface area contributed by atoms with Gasteiger partial charge in [0.2, 0.25) is 0 Å². The molecule has 0 aliphatic heterocycles. The van der Waals surface area contributed by atoms with Gasteiger partial charge in [0.05, 0.1) is 18.9 Å². The zero-order valence-electron chi connectivity index (χ0n) is 10.2. The van der Waals surface area contributed by atoms with Gasteiger partial charge in [0.25, 0.3) is 11.1 Å². The topological polar surface area (TPSA) is 78.4 Å². The first-order chi connectivity index (χ1) is 8.61. The Labute approximate surface area is 108 Å². The van der Waals surface area contributed by atoms with Gasteiger partial charge in [-0.25, -0.2) is 0 Å². The predicted octanol–water partition coefficient (Wildman–Crippen LogP) is 2.29. The number of hydrogen-bond acceptors (Lipinski definition) is 7. The van der Waals surface area contributed by atoms with Gasteiger partial charge in [0.15, 0.2) is 0 Å². The summed E-state index contributed by atoms with van der Waals surface area (Å²) in [5, 5.41) is 7.70. The molecule has 0 spiro atoms. The Morgan fingerprint density at radius 1 is 1.50 bits per heavy atom. The number of nitrogens with zero attached hydrogens (tertiary/aromatic N) is 2. The highest BCUT2D eigenvalue weighted by molar-refractivity contribution is 8.00. The second-order valence-corrected chi connectivity index (χ2v) is 4.84. The van der Waals surface area contributed by atoms with Crippen molar-refractivity contribution >= 4 is 17.7 Å². The van der Waals surface area contributed by atoms with Crippen molar-refractivity contribution in [1.82, 2.24) is 10.2 Å². The molecule has 0 amide bonds. The van der Waals surface area contributed by atoms with Crippen LogP contribution in [0.2, 0.25) is 0 Å². The van der Waals surface area contributed by atoms with Crippen molar-refractivity contribution in [1.29, 1.82) is 0 Å². The second-order valence-electron chi connectivity index (χ2n) is 3.55. The predicted molar refractivity (Wildman–Crippen MR) is 64.1 cm³/mol. The summed E-state index contributed by atoms with van der Waals surface area (Å²) in [5.74, 6) is 0.747. The summed E-state index contributed by atoms with van der Waals surface area (Å²) in [4.78, 5) is 11.3. The molecule has 0 aliphatic carbocycles. The lowest BCUT2D eigenvalue weighted by Crippen LogP contribution is -2.14. The molecule has 0 aromatic carbocycles. The molecule has 2 rings (SSSR count).